The molecule has 0 N–H and O–H groups in total. The SMILES string of the molecule is O=C1c2ccccc2C(=O)N1CCCCC1=C[C@@H]2C=C[C@H]1/C=C\C=C/2. The summed E-state index contributed by atoms with van der Waals surface area (Å²) >= 11 is 0. The zero-order valence-electron chi connectivity index (χ0n) is 14.1. The number of carbonyl (C=O) groups excluding carboxylic acids is 2. The molecule has 1 aliphatic heterocycles. The summed E-state index contributed by atoms with van der Waals surface area (Å²) < 4.78 is 0. The largest absolute Gasteiger partial charge is 0.274 e. The Balaban J connectivity index is 1.33. The number of allylic oxidation sites excluding steroid dienone is 8. The van der Waals surface area contributed by atoms with Crippen molar-refractivity contribution in [2.75, 3.05) is 6.54 Å². The second-order valence-corrected chi connectivity index (χ2v) is 6.76. The van der Waals surface area contributed by atoms with Crippen molar-refractivity contribution in [3.05, 3.63) is 83.5 Å². The Labute approximate surface area is 148 Å². The van der Waals surface area contributed by atoms with Crippen molar-refractivity contribution in [2.45, 2.75) is 19.3 Å². The van der Waals surface area contributed by atoms with Crippen molar-refractivity contribution in [1.82, 2.24) is 4.90 Å². The Hall–Kier alpha value is -2.68. The summed E-state index contributed by atoms with van der Waals surface area (Å²) in [5.41, 5.74) is 2.51. The summed E-state index contributed by atoms with van der Waals surface area (Å²) in [4.78, 5) is 26.1. The van der Waals surface area contributed by atoms with Crippen LogP contribution in [0.5, 0.6) is 0 Å². The number of hydrogen-bond acceptors (Lipinski definition) is 2. The van der Waals surface area contributed by atoms with E-state index >= 15 is 0 Å². The minimum atomic E-state index is -0.152. The van der Waals surface area contributed by atoms with Gasteiger partial charge in [0.25, 0.3) is 11.8 Å². The third kappa shape index (κ3) is 3.02. The minimum Gasteiger partial charge on any atom is -0.274 e. The van der Waals surface area contributed by atoms with Crippen LogP contribution in [0, 0.1) is 11.8 Å². The molecule has 0 radical (unpaired) electrons. The molecule has 0 spiro atoms. The summed E-state index contributed by atoms with van der Waals surface area (Å²) in [6.45, 7) is 0.499. The maximum Gasteiger partial charge on any atom is 0.261 e. The number of nitrogens with zero attached hydrogens (tertiary/aromatic N) is 1. The summed E-state index contributed by atoms with van der Waals surface area (Å²) in [6, 6.07) is 7.08. The number of hydrogen-bond donors (Lipinski definition) is 0. The number of carbonyl (C=O) groups is 2. The van der Waals surface area contributed by atoms with Crippen LogP contribution in [-0.4, -0.2) is 23.3 Å². The second-order valence-electron chi connectivity index (χ2n) is 6.76. The number of rotatable bonds is 5. The van der Waals surface area contributed by atoms with E-state index in [1.807, 2.05) is 0 Å². The lowest BCUT2D eigenvalue weighted by Gasteiger charge is -2.22. The first-order valence-electron chi connectivity index (χ1n) is 8.93. The van der Waals surface area contributed by atoms with Crippen LogP contribution in [0.4, 0.5) is 0 Å². The van der Waals surface area contributed by atoms with Gasteiger partial charge in [0.1, 0.15) is 0 Å². The van der Waals surface area contributed by atoms with Crippen LogP contribution >= 0.6 is 0 Å². The van der Waals surface area contributed by atoms with Gasteiger partial charge in [0, 0.05) is 18.4 Å². The molecule has 0 saturated carbocycles. The smallest absolute Gasteiger partial charge is 0.261 e. The molecule has 2 atom stereocenters. The average molecular weight is 331 g/mol. The molecule has 0 aromatic heterocycles. The van der Waals surface area contributed by atoms with E-state index in [4.69, 9.17) is 0 Å². The zero-order valence-corrected chi connectivity index (χ0v) is 14.1. The predicted molar refractivity (Wildman–Crippen MR) is 98.1 cm³/mol. The van der Waals surface area contributed by atoms with Gasteiger partial charge >= 0.3 is 0 Å². The lowest BCUT2D eigenvalue weighted by Crippen LogP contribution is -2.30. The summed E-state index contributed by atoms with van der Waals surface area (Å²) in [5.74, 6) is 0.481. The number of fused-ring (bicyclic) bond motifs is 2. The Kier molecular flexibility index (Phi) is 4.22. The molecule has 1 aromatic carbocycles. The van der Waals surface area contributed by atoms with E-state index in [-0.39, 0.29) is 11.8 Å². The second kappa shape index (κ2) is 6.67. The minimum absolute atomic E-state index is 0.152. The molecule has 2 bridgehead atoms. The Bertz CT molecular complexity index is 793. The molecule has 1 heterocycles. The van der Waals surface area contributed by atoms with Gasteiger partial charge in [-0.25, -0.2) is 0 Å². The molecule has 3 nitrogen and oxygen atoms in total. The number of benzene rings is 1. The fourth-order valence-corrected chi connectivity index (χ4v) is 3.76. The zero-order chi connectivity index (χ0) is 17.2. The van der Waals surface area contributed by atoms with Gasteiger partial charge < -0.3 is 0 Å². The van der Waals surface area contributed by atoms with E-state index < -0.39 is 0 Å². The van der Waals surface area contributed by atoms with E-state index in [1.165, 1.54) is 10.5 Å². The van der Waals surface area contributed by atoms with Crippen LogP contribution in [0.25, 0.3) is 0 Å². The summed E-state index contributed by atoms with van der Waals surface area (Å²) in [6.07, 6.45) is 18.3. The normalized spacial score (nSPS) is 26.2. The van der Waals surface area contributed by atoms with Crippen LogP contribution in [0.2, 0.25) is 0 Å². The summed E-state index contributed by atoms with van der Waals surface area (Å²) in [7, 11) is 0. The first kappa shape index (κ1) is 15.8. The molecule has 2 amide bonds. The highest BCUT2D eigenvalue weighted by atomic mass is 16.2. The molecule has 3 heteroatoms. The van der Waals surface area contributed by atoms with Gasteiger partial charge in [-0.05, 0) is 31.4 Å². The van der Waals surface area contributed by atoms with Crippen LogP contribution < -0.4 is 0 Å². The van der Waals surface area contributed by atoms with Crippen molar-refractivity contribution < 1.29 is 9.59 Å². The average Bonchev–Trinajstić information content (AvgIpc) is 2.84. The lowest BCUT2D eigenvalue weighted by atomic mass is 9.84. The van der Waals surface area contributed by atoms with Crippen LogP contribution in [0.1, 0.15) is 40.0 Å². The lowest BCUT2D eigenvalue weighted by molar-refractivity contribution is 0.0652. The molecule has 25 heavy (non-hydrogen) atoms. The molecule has 0 fully saturated rings. The maximum atomic E-state index is 12.4. The molecule has 126 valence electrons. The van der Waals surface area contributed by atoms with E-state index in [2.05, 4.69) is 42.5 Å². The molecular weight excluding hydrogens is 310 g/mol. The third-order valence-electron chi connectivity index (χ3n) is 5.11. The maximum absolute atomic E-state index is 12.4. The van der Waals surface area contributed by atoms with Gasteiger partial charge in [-0.15, -0.1) is 0 Å². The van der Waals surface area contributed by atoms with Crippen molar-refractivity contribution in [3.8, 4) is 0 Å². The van der Waals surface area contributed by atoms with Gasteiger partial charge in [0.15, 0.2) is 0 Å². The number of imide groups is 1. The molecular formula is C22H21NO2. The Morgan fingerprint density at radius 3 is 2.32 bits per heavy atom. The molecule has 1 aromatic rings. The van der Waals surface area contributed by atoms with Gasteiger partial charge in [-0.1, -0.05) is 60.2 Å². The van der Waals surface area contributed by atoms with E-state index in [1.54, 1.807) is 24.3 Å². The first-order chi connectivity index (χ1) is 12.2. The molecule has 0 unspecified atom stereocenters. The van der Waals surface area contributed by atoms with Crippen LogP contribution in [0.15, 0.2) is 72.4 Å². The van der Waals surface area contributed by atoms with Gasteiger partial charge in [0.2, 0.25) is 0 Å². The van der Waals surface area contributed by atoms with Crippen LogP contribution in [0.3, 0.4) is 0 Å². The van der Waals surface area contributed by atoms with Gasteiger partial charge in [-0.3, -0.25) is 14.5 Å². The molecule has 5 rings (SSSR count). The number of unbranched alkanes of at least 4 members (excludes halogenated alkanes) is 1. The van der Waals surface area contributed by atoms with Gasteiger partial charge in [-0.2, -0.15) is 0 Å². The highest BCUT2D eigenvalue weighted by Gasteiger charge is 2.34. The van der Waals surface area contributed by atoms with Crippen molar-refractivity contribution in [1.29, 1.82) is 0 Å². The van der Waals surface area contributed by atoms with E-state index in [9.17, 15) is 9.59 Å². The Morgan fingerprint density at radius 2 is 1.56 bits per heavy atom. The monoisotopic (exact) mass is 331 g/mol. The highest BCUT2D eigenvalue weighted by Crippen LogP contribution is 2.30. The Morgan fingerprint density at radius 1 is 0.840 bits per heavy atom. The van der Waals surface area contributed by atoms with E-state index in [0.717, 1.165) is 19.3 Å². The first-order valence-corrected chi connectivity index (χ1v) is 8.93. The van der Waals surface area contributed by atoms with E-state index in [0.29, 0.717) is 29.5 Å². The summed E-state index contributed by atoms with van der Waals surface area (Å²) in [5, 5.41) is 0. The standard InChI is InChI=1S/C22H21NO2/c24-21-19-10-3-4-11-20(19)22(25)23(21)14-6-5-9-18-15-16-7-1-2-8-17(18)13-12-16/h1-4,7-8,10-13,15-17H,5-6,9,14H2/b7-1-,8-2-/t16-,17+/m0/s1. The highest BCUT2D eigenvalue weighted by molar-refractivity contribution is 6.21. The predicted octanol–water partition coefficient (Wildman–Crippen LogP) is 4.31. The third-order valence-corrected chi connectivity index (χ3v) is 5.11. The fourth-order valence-electron chi connectivity index (χ4n) is 3.76. The van der Waals surface area contributed by atoms with Crippen molar-refractivity contribution in [3.63, 3.8) is 0 Å². The topological polar surface area (TPSA) is 37.4 Å². The molecule has 4 aliphatic rings. The number of amides is 2. The van der Waals surface area contributed by atoms with Gasteiger partial charge in [0.05, 0.1) is 11.1 Å². The molecule has 0 saturated heterocycles. The van der Waals surface area contributed by atoms with Crippen LogP contribution in [-0.2, 0) is 0 Å². The quantitative estimate of drug-likeness (QED) is 0.458. The molecule has 3 aliphatic carbocycles. The van der Waals surface area contributed by atoms with Crippen molar-refractivity contribution in [2.24, 2.45) is 11.8 Å². The fraction of sp³-hybridized carbons (Fsp3) is 0.273. The van der Waals surface area contributed by atoms with Crippen molar-refractivity contribution >= 4 is 11.8 Å².